The number of anilines is 2. The van der Waals surface area contributed by atoms with Gasteiger partial charge in [0, 0.05) is 29.9 Å². The van der Waals surface area contributed by atoms with E-state index in [2.05, 4.69) is 30.6 Å². The van der Waals surface area contributed by atoms with Crippen molar-refractivity contribution >= 4 is 28.4 Å². The van der Waals surface area contributed by atoms with Crippen LogP contribution in [0.15, 0.2) is 30.9 Å². The van der Waals surface area contributed by atoms with Gasteiger partial charge in [-0.2, -0.15) is 0 Å². The van der Waals surface area contributed by atoms with Crippen molar-refractivity contribution in [3.63, 3.8) is 0 Å². The fraction of sp³-hybridized carbons (Fsp3) is 0.294. The van der Waals surface area contributed by atoms with Gasteiger partial charge in [0.05, 0.1) is 11.3 Å². The van der Waals surface area contributed by atoms with Crippen molar-refractivity contribution in [3.05, 3.63) is 42.0 Å². The van der Waals surface area contributed by atoms with Gasteiger partial charge in [-0.25, -0.2) is 15.0 Å². The summed E-state index contributed by atoms with van der Waals surface area (Å²) in [5.74, 6) is 0.864. The molecule has 8 nitrogen and oxygen atoms in total. The minimum absolute atomic E-state index is 0.256. The first kappa shape index (κ1) is 16.8. The van der Waals surface area contributed by atoms with Crippen LogP contribution in [0.5, 0.6) is 0 Å². The van der Waals surface area contributed by atoms with Crippen molar-refractivity contribution in [1.82, 2.24) is 25.3 Å². The molecule has 0 saturated carbocycles. The summed E-state index contributed by atoms with van der Waals surface area (Å²) in [5, 5.41) is 15.9. The largest absolute Gasteiger partial charge is 0.383 e. The molecule has 0 aliphatic carbocycles. The number of nitrogen functional groups attached to an aromatic ring is 1. The van der Waals surface area contributed by atoms with Gasteiger partial charge in [-0.15, -0.1) is 0 Å². The number of hydrogen-bond donors (Lipinski definition) is 5. The van der Waals surface area contributed by atoms with Crippen LogP contribution in [0.2, 0.25) is 0 Å². The summed E-state index contributed by atoms with van der Waals surface area (Å²) >= 11 is 0. The first-order chi connectivity index (χ1) is 12.2. The molecule has 3 aromatic rings. The second kappa shape index (κ2) is 7.71. The van der Waals surface area contributed by atoms with Crippen LogP contribution >= 0.6 is 0 Å². The minimum atomic E-state index is 0.256. The van der Waals surface area contributed by atoms with E-state index >= 15 is 0 Å². The number of rotatable bonds is 8. The van der Waals surface area contributed by atoms with Gasteiger partial charge in [-0.1, -0.05) is 0 Å². The maximum absolute atomic E-state index is 8.57. The molecule has 3 heterocycles. The molecule has 0 aliphatic heterocycles. The first-order valence-corrected chi connectivity index (χ1v) is 8.22. The Morgan fingerprint density at radius 3 is 2.92 bits per heavy atom. The number of aromatic amines is 1. The SMILES string of the molecule is CNCCCCNc1ncnc(N)c1C(=N)c1cnc2[nH]ccc2c1. The molecule has 0 spiro atoms. The van der Waals surface area contributed by atoms with Crippen LogP contribution < -0.4 is 16.4 Å². The highest BCUT2D eigenvalue weighted by atomic mass is 15.0. The Bertz CT molecular complexity index is 870. The van der Waals surface area contributed by atoms with Crippen molar-refractivity contribution in [1.29, 1.82) is 5.41 Å². The van der Waals surface area contributed by atoms with Crippen molar-refractivity contribution in [2.75, 3.05) is 31.2 Å². The Balaban J connectivity index is 1.83. The Morgan fingerprint density at radius 1 is 1.24 bits per heavy atom. The lowest BCUT2D eigenvalue weighted by molar-refractivity contribution is 0.694. The summed E-state index contributed by atoms with van der Waals surface area (Å²) < 4.78 is 0. The number of nitrogens with zero attached hydrogens (tertiary/aromatic N) is 3. The van der Waals surface area contributed by atoms with E-state index in [-0.39, 0.29) is 11.5 Å². The average molecular weight is 338 g/mol. The summed E-state index contributed by atoms with van der Waals surface area (Å²) in [6.07, 6.45) is 6.95. The predicted octanol–water partition coefficient (Wildman–Crippen LogP) is 1.76. The van der Waals surface area contributed by atoms with Gasteiger partial charge in [-0.3, -0.25) is 5.41 Å². The molecule has 0 saturated heterocycles. The van der Waals surface area contributed by atoms with E-state index in [0.29, 0.717) is 16.9 Å². The molecule has 3 rings (SSSR count). The topological polar surface area (TPSA) is 128 Å². The normalized spacial score (nSPS) is 10.9. The number of nitrogens with one attached hydrogen (secondary N) is 4. The molecule has 3 aromatic heterocycles. The molecule has 25 heavy (non-hydrogen) atoms. The molecular weight excluding hydrogens is 316 g/mol. The molecule has 130 valence electrons. The van der Waals surface area contributed by atoms with E-state index in [1.165, 1.54) is 6.33 Å². The molecule has 8 heteroatoms. The van der Waals surface area contributed by atoms with Crippen LogP contribution in [-0.2, 0) is 0 Å². The van der Waals surface area contributed by atoms with Gasteiger partial charge >= 0.3 is 0 Å². The zero-order valence-electron chi connectivity index (χ0n) is 14.1. The predicted molar refractivity (Wildman–Crippen MR) is 100 cm³/mol. The second-order valence-electron chi connectivity index (χ2n) is 5.73. The number of aromatic nitrogens is 4. The van der Waals surface area contributed by atoms with Crippen LogP contribution in [0.3, 0.4) is 0 Å². The quantitative estimate of drug-likeness (QED) is 0.314. The number of H-pyrrole nitrogens is 1. The lowest BCUT2D eigenvalue weighted by atomic mass is 10.0. The van der Waals surface area contributed by atoms with Crippen LogP contribution in [0.4, 0.5) is 11.6 Å². The third-order valence-corrected chi connectivity index (χ3v) is 3.96. The summed E-state index contributed by atoms with van der Waals surface area (Å²) in [4.78, 5) is 15.7. The van der Waals surface area contributed by atoms with E-state index < -0.39 is 0 Å². The Morgan fingerprint density at radius 2 is 2.08 bits per heavy atom. The maximum atomic E-state index is 8.57. The number of hydrogen-bond acceptors (Lipinski definition) is 7. The Kier molecular flexibility index (Phi) is 5.20. The molecule has 0 amide bonds. The Labute approximate surface area is 145 Å². The monoisotopic (exact) mass is 338 g/mol. The van der Waals surface area contributed by atoms with Gasteiger partial charge in [-0.05, 0) is 38.6 Å². The fourth-order valence-corrected chi connectivity index (χ4v) is 2.63. The summed E-state index contributed by atoms with van der Waals surface area (Å²) in [7, 11) is 1.94. The molecule has 0 fully saturated rings. The lowest BCUT2D eigenvalue weighted by Gasteiger charge is -2.13. The van der Waals surface area contributed by atoms with Gasteiger partial charge in [0.1, 0.15) is 23.6 Å². The summed E-state index contributed by atoms with van der Waals surface area (Å²) in [5.41, 5.74) is 8.26. The van der Waals surface area contributed by atoms with Crippen LogP contribution in [-0.4, -0.2) is 45.8 Å². The van der Waals surface area contributed by atoms with Crippen molar-refractivity contribution in [3.8, 4) is 0 Å². The first-order valence-electron chi connectivity index (χ1n) is 8.22. The molecule has 0 unspecified atom stereocenters. The third-order valence-electron chi connectivity index (χ3n) is 3.96. The number of nitrogens with two attached hydrogens (primary N) is 1. The zero-order valence-corrected chi connectivity index (χ0v) is 14.1. The Hall–Kier alpha value is -3.00. The highest BCUT2D eigenvalue weighted by Crippen LogP contribution is 2.22. The van der Waals surface area contributed by atoms with Crippen molar-refractivity contribution < 1.29 is 0 Å². The molecule has 0 radical (unpaired) electrons. The van der Waals surface area contributed by atoms with Gasteiger partial charge in [0.2, 0.25) is 0 Å². The number of pyridine rings is 1. The molecular formula is C17H22N8. The van der Waals surface area contributed by atoms with Gasteiger partial charge < -0.3 is 21.4 Å². The average Bonchev–Trinajstić information content (AvgIpc) is 3.09. The van der Waals surface area contributed by atoms with E-state index in [9.17, 15) is 0 Å². The maximum Gasteiger partial charge on any atom is 0.141 e. The van der Waals surface area contributed by atoms with Crippen molar-refractivity contribution in [2.24, 2.45) is 0 Å². The molecule has 0 aliphatic rings. The highest BCUT2D eigenvalue weighted by molar-refractivity contribution is 6.16. The highest BCUT2D eigenvalue weighted by Gasteiger charge is 2.16. The molecule has 0 aromatic carbocycles. The van der Waals surface area contributed by atoms with Crippen LogP contribution in [0.1, 0.15) is 24.0 Å². The van der Waals surface area contributed by atoms with E-state index in [4.69, 9.17) is 11.1 Å². The summed E-state index contributed by atoms with van der Waals surface area (Å²) in [6.45, 7) is 1.73. The zero-order chi connectivity index (χ0) is 17.6. The second-order valence-corrected chi connectivity index (χ2v) is 5.73. The smallest absolute Gasteiger partial charge is 0.141 e. The number of unbranched alkanes of at least 4 members (excludes halogenated alkanes) is 1. The number of fused-ring (bicyclic) bond motifs is 1. The molecule has 6 N–H and O–H groups in total. The van der Waals surface area contributed by atoms with Gasteiger partial charge in [0.15, 0.2) is 0 Å². The molecule has 0 atom stereocenters. The third kappa shape index (κ3) is 3.74. The standard InChI is InChI=1S/C17H22N8/c1-20-5-2-3-6-21-17-13(15(19)24-10-25-17)14(18)12-8-11-4-7-22-16(11)23-9-12/h4,7-10,18,20H,2-3,5-6H2,1H3,(H,22,23)(H3,19,21,24,25). The fourth-order valence-electron chi connectivity index (χ4n) is 2.63. The summed E-state index contributed by atoms with van der Waals surface area (Å²) in [6, 6.07) is 3.83. The lowest BCUT2D eigenvalue weighted by Crippen LogP contribution is -2.15. The van der Waals surface area contributed by atoms with Crippen LogP contribution in [0.25, 0.3) is 11.0 Å². The van der Waals surface area contributed by atoms with E-state index in [1.54, 1.807) is 6.20 Å². The van der Waals surface area contributed by atoms with Crippen LogP contribution in [0, 0.1) is 5.41 Å². The van der Waals surface area contributed by atoms with E-state index in [1.807, 2.05) is 25.4 Å². The van der Waals surface area contributed by atoms with Gasteiger partial charge in [0.25, 0.3) is 0 Å². The molecule has 0 bridgehead atoms. The van der Waals surface area contributed by atoms with Crippen molar-refractivity contribution in [2.45, 2.75) is 12.8 Å². The van der Waals surface area contributed by atoms with E-state index in [0.717, 1.165) is 37.0 Å². The minimum Gasteiger partial charge on any atom is -0.383 e.